The SMILES string of the molecule is CC.CC.CC(=O)c1cc(N)n2nc(-c3ccc(C)o3)nc2c1.CCC(=O)N(C)C. The van der Waals surface area contributed by atoms with Crippen molar-refractivity contribution >= 4 is 23.2 Å². The van der Waals surface area contributed by atoms with Crippen LogP contribution in [0.3, 0.4) is 0 Å². The molecule has 0 spiro atoms. The van der Waals surface area contributed by atoms with Gasteiger partial charge in [0.15, 0.2) is 17.2 Å². The van der Waals surface area contributed by atoms with Crippen LogP contribution >= 0.6 is 0 Å². The number of aryl methyl sites for hydroxylation is 1. The third kappa shape index (κ3) is 7.35. The molecule has 166 valence electrons. The molecule has 3 heterocycles. The number of anilines is 1. The number of carbonyl (C=O) groups excluding carboxylic acids is 2. The van der Waals surface area contributed by atoms with Gasteiger partial charge < -0.3 is 15.1 Å². The number of amides is 1. The van der Waals surface area contributed by atoms with Crippen molar-refractivity contribution in [1.82, 2.24) is 19.5 Å². The van der Waals surface area contributed by atoms with Gasteiger partial charge in [-0.1, -0.05) is 34.6 Å². The maximum absolute atomic E-state index is 11.4. The topological polar surface area (TPSA) is 107 Å². The van der Waals surface area contributed by atoms with Gasteiger partial charge in [0, 0.05) is 26.1 Å². The van der Waals surface area contributed by atoms with E-state index in [1.807, 2.05) is 47.6 Å². The molecule has 3 aromatic heterocycles. The Hall–Kier alpha value is -3.16. The van der Waals surface area contributed by atoms with Crippen LogP contribution in [0.4, 0.5) is 5.82 Å². The van der Waals surface area contributed by atoms with Crippen molar-refractivity contribution in [2.24, 2.45) is 0 Å². The normalized spacial score (nSPS) is 9.37. The fraction of sp³-hybridized carbons (Fsp3) is 0.455. The molecule has 0 saturated heterocycles. The molecular formula is C22H35N5O3. The zero-order valence-electron chi connectivity index (χ0n) is 19.6. The summed E-state index contributed by atoms with van der Waals surface area (Å²) in [6, 6.07) is 6.88. The van der Waals surface area contributed by atoms with Crippen molar-refractivity contribution < 1.29 is 14.0 Å². The lowest BCUT2D eigenvalue weighted by atomic mass is 10.2. The number of furan rings is 1. The first-order chi connectivity index (χ1) is 14.2. The summed E-state index contributed by atoms with van der Waals surface area (Å²) in [5, 5.41) is 4.27. The molecule has 0 aromatic carbocycles. The summed E-state index contributed by atoms with van der Waals surface area (Å²) >= 11 is 0. The number of Topliss-reactive ketones (excluding diaryl/α,β-unsaturated/α-hetero) is 1. The van der Waals surface area contributed by atoms with E-state index in [4.69, 9.17) is 10.2 Å². The molecule has 8 nitrogen and oxygen atoms in total. The molecule has 0 fully saturated rings. The minimum Gasteiger partial charge on any atom is -0.458 e. The van der Waals surface area contributed by atoms with Crippen molar-refractivity contribution in [3.63, 3.8) is 0 Å². The first kappa shape index (κ1) is 26.8. The molecule has 0 radical (unpaired) electrons. The molecule has 0 bridgehead atoms. The number of carbonyl (C=O) groups is 2. The molecule has 3 rings (SSSR count). The van der Waals surface area contributed by atoms with Crippen LogP contribution < -0.4 is 5.73 Å². The molecule has 0 unspecified atom stereocenters. The number of nitrogens with two attached hydrogens (primary N) is 1. The number of hydrogen-bond donors (Lipinski definition) is 1. The minimum atomic E-state index is -0.0624. The standard InChI is InChI=1S/C13H12N4O2.C5H11NO.2C2H6/c1-7-3-4-10(19-7)13-15-12-6-9(8(2)18)5-11(14)17(12)16-13;1-4-5(7)6(2)3;2*1-2/h3-6H,14H2,1-2H3;4H2,1-3H3;2*1-2H3. The maximum Gasteiger partial charge on any atom is 0.221 e. The second-order valence-corrected chi connectivity index (χ2v) is 5.98. The lowest BCUT2D eigenvalue weighted by Gasteiger charge is -2.05. The molecule has 0 saturated carbocycles. The number of nitrogens with zero attached hydrogens (tertiary/aromatic N) is 4. The summed E-state index contributed by atoms with van der Waals surface area (Å²) in [5.74, 6) is 2.29. The Kier molecular flexibility index (Phi) is 11.8. The number of fused-ring (bicyclic) bond motifs is 1. The zero-order valence-corrected chi connectivity index (χ0v) is 19.6. The highest BCUT2D eigenvalue weighted by atomic mass is 16.3. The van der Waals surface area contributed by atoms with Crippen LogP contribution in [0.25, 0.3) is 17.2 Å². The van der Waals surface area contributed by atoms with E-state index in [2.05, 4.69) is 10.1 Å². The third-order valence-corrected chi connectivity index (χ3v) is 3.63. The van der Waals surface area contributed by atoms with Crippen LogP contribution in [0.5, 0.6) is 0 Å². The first-order valence-electron chi connectivity index (χ1n) is 10.2. The Morgan fingerprint density at radius 3 is 2.13 bits per heavy atom. The van der Waals surface area contributed by atoms with E-state index in [0.29, 0.717) is 35.0 Å². The number of pyridine rings is 1. The van der Waals surface area contributed by atoms with Crippen molar-refractivity contribution in [2.45, 2.75) is 54.9 Å². The average Bonchev–Trinajstić information content (AvgIpc) is 3.37. The number of rotatable bonds is 3. The van der Waals surface area contributed by atoms with E-state index in [1.54, 1.807) is 37.2 Å². The first-order valence-corrected chi connectivity index (χ1v) is 10.2. The van der Waals surface area contributed by atoms with E-state index in [1.165, 1.54) is 11.4 Å². The summed E-state index contributed by atoms with van der Waals surface area (Å²) < 4.78 is 6.96. The molecular weight excluding hydrogens is 382 g/mol. The quantitative estimate of drug-likeness (QED) is 0.623. The largest absolute Gasteiger partial charge is 0.458 e. The molecule has 0 atom stereocenters. The molecule has 2 N–H and O–H groups in total. The van der Waals surface area contributed by atoms with E-state index < -0.39 is 0 Å². The van der Waals surface area contributed by atoms with Gasteiger partial charge in [-0.05, 0) is 38.1 Å². The highest BCUT2D eigenvalue weighted by molar-refractivity contribution is 5.95. The second kappa shape index (κ2) is 13.1. The van der Waals surface area contributed by atoms with Crippen LogP contribution in [-0.2, 0) is 4.79 Å². The van der Waals surface area contributed by atoms with Gasteiger partial charge in [-0.25, -0.2) is 4.98 Å². The van der Waals surface area contributed by atoms with Crippen molar-refractivity contribution in [3.8, 4) is 11.6 Å². The van der Waals surface area contributed by atoms with Crippen LogP contribution in [-0.4, -0.2) is 45.3 Å². The fourth-order valence-electron chi connectivity index (χ4n) is 2.19. The van der Waals surface area contributed by atoms with E-state index in [-0.39, 0.29) is 11.7 Å². The van der Waals surface area contributed by atoms with Gasteiger partial charge in [0.25, 0.3) is 0 Å². The van der Waals surface area contributed by atoms with Crippen LogP contribution in [0.2, 0.25) is 0 Å². The predicted molar refractivity (Wildman–Crippen MR) is 122 cm³/mol. The maximum atomic E-state index is 11.4. The molecule has 0 aliphatic heterocycles. The van der Waals surface area contributed by atoms with Gasteiger partial charge in [0.2, 0.25) is 11.7 Å². The molecule has 0 aliphatic rings. The Labute approximate surface area is 179 Å². The van der Waals surface area contributed by atoms with Crippen molar-refractivity contribution in [2.75, 3.05) is 19.8 Å². The van der Waals surface area contributed by atoms with Crippen LogP contribution in [0.1, 0.15) is 64.1 Å². The van der Waals surface area contributed by atoms with Gasteiger partial charge in [-0.3, -0.25) is 9.59 Å². The average molecular weight is 418 g/mol. The van der Waals surface area contributed by atoms with Crippen LogP contribution in [0.15, 0.2) is 28.7 Å². The summed E-state index contributed by atoms with van der Waals surface area (Å²) in [6.45, 7) is 13.2. The highest BCUT2D eigenvalue weighted by Crippen LogP contribution is 2.21. The molecule has 3 aromatic rings. The third-order valence-electron chi connectivity index (χ3n) is 3.63. The van der Waals surface area contributed by atoms with Crippen molar-refractivity contribution in [1.29, 1.82) is 0 Å². The predicted octanol–water partition coefficient (Wildman–Crippen LogP) is 4.62. The monoisotopic (exact) mass is 417 g/mol. The summed E-state index contributed by atoms with van der Waals surface area (Å²) in [7, 11) is 3.51. The van der Waals surface area contributed by atoms with Crippen molar-refractivity contribution in [3.05, 3.63) is 35.6 Å². The number of hydrogen-bond acceptors (Lipinski definition) is 6. The van der Waals surface area contributed by atoms with E-state index >= 15 is 0 Å². The minimum absolute atomic E-state index is 0.0624. The second-order valence-electron chi connectivity index (χ2n) is 5.98. The van der Waals surface area contributed by atoms with Gasteiger partial charge in [0.1, 0.15) is 11.6 Å². The molecule has 1 amide bonds. The number of nitrogen functional groups attached to an aromatic ring is 1. The molecule has 8 heteroatoms. The highest BCUT2D eigenvalue weighted by Gasteiger charge is 2.13. The lowest BCUT2D eigenvalue weighted by molar-refractivity contribution is -0.128. The number of aromatic nitrogens is 3. The Balaban J connectivity index is 0.000000650. The fourth-order valence-corrected chi connectivity index (χ4v) is 2.19. The van der Waals surface area contributed by atoms with Crippen LogP contribution in [0, 0.1) is 6.92 Å². The van der Waals surface area contributed by atoms with E-state index in [9.17, 15) is 9.59 Å². The lowest BCUT2D eigenvalue weighted by Crippen LogP contribution is -2.19. The Morgan fingerprint density at radius 2 is 1.73 bits per heavy atom. The smallest absolute Gasteiger partial charge is 0.221 e. The molecule has 30 heavy (non-hydrogen) atoms. The van der Waals surface area contributed by atoms with E-state index in [0.717, 1.165) is 5.76 Å². The van der Waals surface area contributed by atoms with Gasteiger partial charge in [-0.15, -0.1) is 5.10 Å². The number of ketones is 1. The summed E-state index contributed by atoms with van der Waals surface area (Å²) in [6.07, 6.45) is 0.604. The molecule has 0 aliphatic carbocycles. The van der Waals surface area contributed by atoms with Gasteiger partial charge in [0.05, 0.1) is 0 Å². The summed E-state index contributed by atoms with van der Waals surface area (Å²) in [5.41, 5.74) is 6.91. The van der Waals surface area contributed by atoms with Gasteiger partial charge in [-0.2, -0.15) is 4.52 Å². The zero-order chi connectivity index (χ0) is 23.4. The Bertz CT molecular complexity index is 942. The van der Waals surface area contributed by atoms with Gasteiger partial charge >= 0.3 is 0 Å². The summed E-state index contributed by atoms with van der Waals surface area (Å²) in [4.78, 5) is 27.7. The Morgan fingerprint density at radius 1 is 1.13 bits per heavy atom.